The lowest BCUT2D eigenvalue weighted by Crippen LogP contribution is -2.21. The molecule has 0 bridgehead atoms. The van der Waals surface area contributed by atoms with E-state index >= 15 is 0 Å². The van der Waals surface area contributed by atoms with Gasteiger partial charge in [0.05, 0.1) is 23.5 Å². The zero-order valence-corrected chi connectivity index (χ0v) is 17.2. The molecule has 2 aromatic carbocycles. The molecule has 0 saturated heterocycles. The summed E-state index contributed by atoms with van der Waals surface area (Å²) in [5, 5.41) is 3.12. The topological polar surface area (TPSA) is 54.9 Å². The molecular formula is C26H27N3O. The van der Waals surface area contributed by atoms with Crippen LogP contribution in [0.1, 0.15) is 60.5 Å². The predicted octanol–water partition coefficient (Wildman–Crippen LogP) is 5.47. The first-order chi connectivity index (χ1) is 14.8. The molecule has 152 valence electrons. The summed E-state index contributed by atoms with van der Waals surface area (Å²) in [4.78, 5) is 22.9. The van der Waals surface area contributed by atoms with E-state index in [1.54, 1.807) is 0 Å². The van der Waals surface area contributed by atoms with Gasteiger partial charge in [-0.1, -0.05) is 73.9 Å². The zero-order valence-electron chi connectivity index (χ0n) is 17.2. The number of aryl methyl sites for hydroxylation is 2. The van der Waals surface area contributed by atoms with E-state index in [4.69, 9.17) is 9.97 Å². The fourth-order valence-electron chi connectivity index (χ4n) is 4.81. The molecule has 30 heavy (non-hydrogen) atoms. The predicted molar refractivity (Wildman–Crippen MR) is 119 cm³/mol. The molecule has 2 aliphatic rings. The lowest BCUT2D eigenvalue weighted by Gasteiger charge is -2.26. The van der Waals surface area contributed by atoms with Crippen LogP contribution in [0.2, 0.25) is 0 Å². The first kappa shape index (κ1) is 19.0. The Hall–Kier alpha value is -3.01. The number of hydrogen-bond donors (Lipinski definition) is 1. The van der Waals surface area contributed by atoms with Gasteiger partial charge in [0.25, 0.3) is 0 Å². The number of aromatic nitrogens is 2. The van der Waals surface area contributed by atoms with Crippen LogP contribution in [0.15, 0.2) is 54.6 Å². The number of anilines is 1. The maximum atomic E-state index is 12.8. The van der Waals surface area contributed by atoms with Crippen LogP contribution in [0.3, 0.4) is 0 Å². The van der Waals surface area contributed by atoms with Crippen LogP contribution in [0.4, 0.5) is 5.82 Å². The molecule has 1 fully saturated rings. The Morgan fingerprint density at radius 1 is 0.900 bits per heavy atom. The van der Waals surface area contributed by atoms with E-state index < -0.39 is 0 Å². The van der Waals surface area contributed by atoms with Gasteiger partial charge >= 0.3 is 0 Å². The highest BCUT2D eigenvalue weighted by Gasteiger charge is 2.27. The van der Waals surface area contributed by atoms with Crippen molar-refractivity contribution in [2.45, 2.75) is 57.3 Å². The molecule has 3 aromatic rings. The standard InChI is InChI=1S/C26H27N3O/c30-23(17-18-9-3-1-4-10-18)28-26-24(20-12-5-2-6-13-20)29-25-21-14-8-7-11-19(21)15-16-22(25)27-26/h1,3-4,7-11,14,20H,2,5-6,12-13,15-17H2,(H,27,28,30). The number of benzene rings is 2. The van der Waals surface area contributed by atoms with Crippen LogP contribution in [-0.4, -0.2) is 15.9 Å². The molecule has 4 heteroatoms. The molecule has 1 amide bonds. The molecule has 2 aliphatic carbocycles. The van der Waals surface area contributed by atoms with Gasteiger partial charge in [0, 0.05) is 11.5 Å². The molecule has 0 radical (unpaired) electrons. The Balaban J connectivity index is 1.50. The Morgan fingerprint density at radius 3 is 2.50 bits per heavy atom. The summed E-state index contributed by atoms with van der Waals surface area (Å²) < 4.78 is 0. The maximum Gasteiger partial charge on any atom is 0.229 e. The minimum absolute atomic E-state index is 0.0243. The fourth-order valence-corrected chi connectivity index (χ4v) is 4.81. The number of rotatable bonds is 4. The fraction of sp³-hybridized carbons (Fsp3) is 0.346. The van der Waals surface area contributed by atoms with Crippen molar-refractivity contribution in [2.75, 3.05) is 5.32 Å². The molecule has 0 unspecified atom stereocenters. The molecule has 1 aromatic heterocycles. The second-order valence-electron chi connectivity index (χ2n) is 8.46. The normalized spacial score (nSPS) is 15.9. The largest absolute Gasteiger partial charge is 0.309 e. The van der Waals surface area contributed by atoms with Gasteiger partial charge < -0.3 is 5.32 Å². The van der Waals surface area contributed by atoms with Crippen molar-refractivity contribution in [1.82, 2.24) is 9.97 Å². The van der Waals surface area contributed by atoms with Gasteiger partial charge in [-0.25, -0.2) is 9.97 Å². The number of hydrogen-bond acceptors (Lipinski definition) is 3. The van der Waals surface area contributed by atoms with Crippen LogP contribution in [-0.2, 0) is 24.1 Å². The first-order valence-electron chi connectivity index (χ1n) is 11.1. The van der Waals surface area contributed by atoms with Crippen molar-refractivity contribution < 1.29 is 4.79 Å². The van der Waals surface area contributed by atoms with E-state index in [1.165, 1.54) is 30.4 Å². The molecule has 4 nitrogen and oxygen atoms in total. The first-order valence-corrected chi connectivity index (χ1v) is 11.1. The quantitative estimate of drug-likeness (QED) is 0.635. The summed E-state index contributed by atoms with van der Waals surface area (Å²) in [6.45, 7) is 0. The lowest BCUT2D eigenvalue weighted by molar-refractivity contribution is -0.115. The SMILES string of the molecule is O=C(Cc1ccccc1)Nc1nc2c(nc1C1CCCCC1)-c1ccccc1CC2. The van der Waals surface area contributed by atoms with E-state index in [1.807, 2.05) is 30.3 Å². The average molecular weight is 398 g/mol. The highest BCUT2D eigenvalue weighted by atomic mass is 16.1. The Labute approximate surface area is 177 Å². The highest BCUT2D eigenvalue weighted by molar-refractivity contribution is 5.92. The van der Waals surface area contributed by atoms with Gasteiger partial charge in [0.15, 0.2) is 5.82 Å². The summed E-state index contributed by atoms with van der Waals surface area (Å²) in [6, 6.07) is 18.4. The Kier molecular flexibility index (Phi) is 5.31. The molecule has 1 N–H and O–H groups in total. The van der Waals surface area contributed by atoms with Crippen LogP contribution in [0, 0.1) is 0 Å². The second-order valence-corrected chi connectivity index (χ2v) is 8.46. The summed E-state index contributed by atoms with van der Waals surface area (Å²) >= 11 is 0. The van der Waals surface area contributed by atoms with Crippen LogP contribution < -0.4 is 5.32 Å². The zero-order chi connectivity index (χ0) is 20.3. The van der Waals surface area contributed by atoms with Gasteiger partial charge in [-0.05, 0) is 36.8 Å². The van der Waals surface area contributed by atoms with Gasteiger partial charge in [-0.2, -0.15) is 0 Å². The monoisotopic (exact) mass is 397 g/mol. The minimum atomic E-state index is -0.0243. The van der Waals surface area contributed by atoms with E-state index in [0.717, 1.165) is 48.3 Å². The number of fused-ring (bicyclic) bond motifs is 3. The number of nitrogens with zero attached hydrogens (tertiary/aromatic N) is 2. The highest BCUT2D eigenvalue weighted by Crippen LogP contribution is 2.38. The second kappa shape index (κ2) is 8.39. The van der Waals surface area contributed by atoms with Crippen LogP contribution >= 0.6 is 0 Å². The van der Waals surface area contributed by atoms with Crippen molar-refractivity contribution >= 4 is 11.7 Å². The van der Waals surface area contributed by atoms with Gasteiger partial charge in [0.2, 0.25) is 5.91 Å². The van der Waals surface area contributed by atoms with E-state index in [-0.39, 0.29) is 5.91 Å². The molecule has 0 aliphatic heterocycles. The van der Waals surface area contributed by atoms with Gasteiger partial charge in [-0.3, -0.25) is 4.79 Å². The van der Waals surface area contributed by atoms with Crippen LogP contribution in [0.5, 0.6) is 0 Å². The lowest BCUT2D eigenvalue weighted by atomic mass is 9.85. The molecule has 0 atom stereocenters. The third kappa shape index (κ3) is 3.87. The molecule has 1 heterocycles. The molecule has 1 saturated carbocycles. The van der Waals surface area contributed by atoms with Crippen molar-refractivity contribution in [3.63, 3.8) is 0 Å². The van der Waals surface area contributed by atoms with Crippen molar-refractivity contribution in [3.8, 4) is 11.3 Å². The number of amides is 1. The van der Waals surface area contributed by atoms with Crippen LogP contribution in [0.25, 0.3) is 11.3 Å². The third-order valence-electron chi connectivity index (χ3n) is 6.36. The minimum Gasteiger partial charge on any atom is -0.309 e. The van der Waals surface area contributed by atoms with Crippen molar-refractivity contribution in [1.29, 1.82) is 0 Å². The third-order valence-corrected chi connectivity index (χ3v) is 6.36. The van der Waals surface area contributed by atoms with E-state index in [9.17, 15) is 4.79 Å². The van der Waals surface area contributed by atoms with Crippen molar-refractivity contribution in [2.24, 2.45) is 0 Å². The van der Waals surface area contributed by atoms with Crippen molar-refractivity contribution in [3.05, 3.63) is 77.1 Å². The number of nitrogens with one attached hydrogen (secondary N) is 1. The molecular weight excluding hydrogens is 370 g/mol. The smallest absolute Gasteiger partial charge is 0.229 e. The summed E-state index contributed by atoms with van der Waals surface area (Å²) in [5.74, 6) is 1.03. The van der Waals surface area contributed by atoms with Gasteiger partial charge in [-0.15, -0.1) is 0 Å². The Bertz CT molecular complexity index is 1060. The number of carbonyl (C=O) groups is 1. The number of carbonyl (C=O) groups excluding carboxylic acids is 1. The molecule has 5 rings (SSSR count). The average Bonchev–Trinajstić information content (AvgIpc) is 2.79. The maximum absolute atomic E-state index is 12.8. The van der Waals surface area contributed by atoms with E-state index in [0.29, 0.717) is 18.2 Å². The van der Waals surface area contributed by atoms with E-state index in [2.05, 4.69) is 29.6 Å². The summed E-state index contributed by atoms with van der Waals surface area (Å²) in [6.07, 6.45) is 8.16. The molecule has 0 spiro atoms. The summed E-state index contributed by atoms with van der Waals surface area (Å²) in [5.41, 5.74) is 6.54. The summed E-state index contributed by atoms with van der Waals surface area (Å²) in [7, 11) is 0. The van der Waals surface area contributed by atoms with Gasteiger partial charge in [0.1, 0.15) is 0 Å². The Morgan fingerprint density at radius 2 is 1.67 bits per heavy atom.